The highest BCUT2D eigenvalue weighted by molar-refractivity contribution is 9.10. The Morgan fingerprint density at radius 2 is 1.90 bits per heavy atom. The van der Waals surface area contributed by atoms with Gasteiger partial charge in [0.1, 0.15) is 6.07 Å². The maximum absolute atomic E-state index is 9.35. The standard InChI is InChI=1S/C17H18BrN3/c1-2-9-21(12-13-3-6-16(20)7-4-13)17-8-5-15(18)10-14(17)11-19/h3-8,10H,2,9,12,20H2,1H3. The van der Waals surface area contributed by atoms with Crippen LogP contribution in [0, 0.1) is 11.3 Å². The molecule has 0 aliphatic heterocycles. The van der Waals surface area contributed by atoms with E-state index in [9.17, 15) is 5.26 Å². The molecule has 0 aliphatic rings. The Hall–Kier alpha value is -1.99. The molecule has 108 valence electrons. The number of halogens is 1. The highest BCUT2D eigenvalue weighted by Crippen LogP contribution is 2.26. The smallest absolute Gasteiger partial charge is 0.101 e. The zero-order valence-electron chi connectivity index (χ0n) is 12.0. The van der Waals surface area contributed by atoms with Crippen LogP contribution >= 0.6 is 15.9 Å². The normalized spacial score (nSPS) is 10.1. The predicted octanol–water partition coefficient (Wildman–Crippen LogP) is 4.32. The molecule has 2 N–H and O–H groups in total. The molecular weight excluding hydrogens is 326 g/mol. The molecular formula is C17H18BrN3. The second-order valence-electron chi connectivity index (χ2n) is 4.94. The van der Waals surface area contributed by atoms with Crippen LogP contribution in [0.25, 0.3) is 0 Å². The van der Waals surface area contributed by atoms with E-state index in [1.165, 1.54) is 5.56 Å². The number of anilines is 2. The third-order valence-corrected chi connectivity index (χ3v) is 3.76. The summed E-state index contributed by atoms with van der Waals surface area (Å²) in [7, 11) is 0. The first kappa shape index (κ1) is 15.4. The van der Waals surface area contributed by atoms with Gasteiger partial charge in [0.15, 0.2) is 0 Å². The summed E-state index contributed by atoms with van der Waals surface area (Å²) in [5, 5.41) is 9.35. The molecule has 0 amide bonds. The minimum Gasteiger partial charge on any atom is -0.399 e. The molecule has 0 spiro atoms. The van der Waals surface area contributed by atoms with E-state index in [1.54, 1.807) is 0 Å². The van der Waals surface area contributed by atoms with Gasteiger partial charge in [-0.3, -0.25) is 0 Å². The van der Waals surface area contributed by atoms with Crippen molar-refractivity contribution in [2.24, 2.45) is 0 Å². The lowest BCUT2D eigenvalue weighted by molar-refractivity contribution is 0.766. The molecule has 0 fully saturated rings. The number of hydrogen-bond donors (Lipinski definition) is 1. The van der Waals surface area contributed by atoms with Crippen LogP contribution < -0.4 is 10.6 Å². The molecule has 4 heteroatoms. The van der Waals surface area contributed by atoms with Crippen LogP contribution in [0.4, 0.5) is 11.4 Å². The Morgan fingerprint density at radius 1 is 1.19 bits per heavy atom. The van der Waals surface area contributed by atoms with Crippen molar-refractivity contribution in [1.82, 2.24) is 0 Å². The maximum Gasteiger partial charge on any atom is 0.101 e. The second-order valence-corrected chi connectivity index (χ2v) is 5.85. The number of nitrogens with two attached hydrogens (primary N) is 1. The van der Waals surface area contributed by atoms with Gasteiger partial charge in [-0.15, -0.1) is 0 Å². The molecule has 0 aromatic heterocycles. The number of benzene rings is 2. The average Bonchev–Trinajstić information content (AvgIpc) is 2.49. The third-order valence-electron chi connectivity index (χ3n) is 3.27. The molecule has 0 unspecified atom stereocenters. The average molecular weight is 344 g/mol. The van der Waals surface area contributed by atoms with Crippen LogP contribution in [-0.2, 0) is 6.54 Å². The van der Waals surface area contributed by atoms with Gasteiger partial charge in [-0.2, -0.15) is 5.26 Å². The van der Waals surface area contributed by atoms with Gasteiger partial charge in [-0.1, -0.05) is 35.0 Å². The first-order valence-electron chi connectivity index (χ1n) is 6.93. The molecule has 0 heterocycles. The van der Waals surface area contributed by atoms with E-state index in [0.29, 0.717) is 5.56 Å². The van der Waals surface area contributed by atoms with E-state index in [1.807, 2.05) is 42.5 Å². The molecule has 2 rings (SSSR count). The fourth-order valence-electron chi connectivity index (χ4n) is 2.27. The lowest BCUT2D eigenvalue weighted by Gasteiger charge is -2.25. The van der Waals surface area contributed by atoms with Gasteiger partial charge >= 0.3 is 0 Å². The Bertz CT molecular complexity index is 644. The minimum absolute atomic E-state index is 0.688. The van der Waals surface area contributed by atoms with Crippen molar-refractivity contribution < 1.29 is 0 Å². The Morgan fingerprint density at radius 3 is 2.52 bits per heavy atom. The van der Waals surface area contributed by atoms with E-state index in [4.69, 9.17) is 5.73 Å². The number of rotatable bonds is 5. The van der Waals surface area contributed by atoms with E-state index >= 15 is 0 Å². The van der Waals surface area contributed by atoms with E-state index in [2.05, 4.69) is 33.8 Å². The summed E-state index contributed by atoms with van der Waals surface area (Å²) < 4.78 is 0.923. The second kappa shape index (κ2) is 7.14. The summed E-state index contributed by atoms with van der Waals surface area (Å²) in [5.41, 5.74) is 9.34. The number of hydrogen-bond acceptors (Lipinski definition) is 3. The molecule has 0 atom stereocenters. The monoisotopic (exact) mass is 343 g/mol. The van der Waals surface area contributed by atoms with E-state index < -0.39 is 0 Å². The highest BCUT2D eigenvalue weighted by Gasteiger charge is 2.11. The van der Waals surface area contributed by atoms with Gasteiger partial charge in [0.05, 0.1) is 11.3 Å². The van der Waals surface area contributed by atoms with Crippen molar-refractivity contribution >= 4 is 27.3 Å². The fourth-order valence-corrected chi connectivity index (χ4v) is 2.63. The Labute approximate surface area is 134 Å². The SMILES string of the molecule is CCCN(Cc1ccc(N)cc1)c1ccc(Br)cc1C#N. The van der Waals surface area contributed by atoms with Crippen LogP contribution in [0.2, 0.25) is 0 Å². The zero-order valence-corrected chi connectivity index (χ0v) is 13.6. The molecule has 0 radical (unpaired) electrons. The first-order valence-corrected chi connectivity index (χ1v) is 7.72. The third kappa shape index (κ3) is 3.99. The van der Waals surface area contributed by atoms with Crippen molar-refractivity contribution in [3.05, 3.63) is 58.1 Å². The van der Waals surface area contributed by atoms with Crippen molar-refractivity contribution in [3.8, 4) is 6.07 Å². The van der Waals surface area contributed by atoms with Crippen LogP contribution in [0.1, 0.15) is 24.5 Å². The van der Waals surface area contributed by atoms with Crippen LogP contribution in [0.3, 0.4) is 0 Å². The molecule has 0 saturated heterocycles. The molecule has 21 heavy (non-hydrogen) atoms. The lowest BCUT2D eigenvalue weighted by atomic mass is 10.1. The summed E-state index contributed by atoms with van der Waals surface area (Å²) in [6.45, 7) is 3.81. The lowest BCUT2D eigenvalue weighted by Crippen LogP contribution is -2.24. The number of nitrogen functional groups attached to an aromatic ring is 1. The minimum atomic E-state index is 0.688. The van der Waals surface area contributed by atoms with Crippen molar-refractivity contribution in [1.29, 1.82) is 5.26 Å². The largest absolute Gasteiger partial charge is 0.399 e. The topological polar surface area (TPSA) is 53.0 Å². The number of nitrogens with zero attached hydrogens (tertiary/aromatic N) is 2. The fraction of sp³-hybridized carbons (Fsp3) is 0.235. The molecule has 0 aliphatic carbocycles. The van der Waals surface area contributed by atoms with Crippen molar-refractivity contribution in [3.63, 3.8) is 0 Å². The maximum atomic E-state index is 9.35. The van der Waals surface area contributed by atoms with Gasteiger partial charge in [0, 0.05) is 23.2 Å². The molecule has 2 aromatic carbocycles. The van der Waals surface area contributed by atoms with E-state index in [0.717, 1.165) is 35.4 Å². The van der Waals surface area contributed by atoms with Crippen molar-refractivity contribution in [2.45, 2.75) is 19.9 Å². The first-order chi connectivity index (χ1) is 10.1. The van der Waals surface area contributed by atoms with Crippen LogP contribution in [0.15, 0.2) is 46.9 Å². The highest BCUT2D eigenvalue weighted by atomic mass is 79.9. The van der Waals surface area contributed by atoms with Crippen LogP contribution in [-0.4, -0.2) is 6.54 Å². The summed E-state index contributed by atoms with van der Waals surface area (Å²) in [4.78, 5) is 2.23. The molecule has 0 saturated carbocycles. The summed E-state index contributed by atoms with van der Waals surface area (Å²) in [6.07, 6.45) is 1.02. The predicted molar refractivity (Wildman–Crippen MR) is 91.1 cm³/mol. The van der Waals surface area contributed by atoms with Gasteiger partial charge in [-0.25, -0.2) is 0 Å². The van der Waals surface area contributed by atoms with Crippen LogP contribution in [0.5, 0.6) is 0 Å². The van der Waals surface area contributed by atoms with Gasteiger partial charge < -0.3 is 10.6 Å². The summed E-state index contributed by atoms with van der Waals surface area (Å²) in [6, 6.07) is 16.0. The molecule has 3 nitrogen and oxygen atoms in total. The van der Waals surface area contributed by atoms with Crippen molar-refractivity contribution in [2.75, 3.05) is 17.2 Å². The quantitative estimate of drug-likeness (QED) is 0.822. The summed E-state index contributed by atoms with van der Waals surface area (Å²) in [5.74, 6) is 0. The number of nitriles is 1. The summed E-state index contributed by atoms with van der Waals surface area (Å²) >= 11 is 3.42. The Kier molecular flexibility index (Phi) is 5.24. The van der Waals surface area contributed by atoms with Gasteiger partial charge in [0.2, 0.25) is 0 Å². The molecule has 2 aromatic rings. The zero-order chi connectivity index (χ0) is 15.2. The Balaban J connectivity index is 2.31. The van der Waals surface area contributed by atoms with Gasteiger partial charge in [0.25, 0.3) is 0 Å². The van der Waals surface area contributed by atoms with E-state index in [-0.39, 0.29) is 0 Å². The molecule has 0 bridgehead atoms. The van der Waals surface area contributed by atoms with Gasteiger partial charge in [-0.05, 0) is 42.3 Å².